The highest BCUT2D eigenvalue weighted by Gasteiger charge is 2.04. The van der Waals surface area contributed by atoms with Crippen molar-refractivity contribution < 1.29 is 10.2 Å². The molecule has 0 saturated carbocycles. The lowest BCUT2D eigenvalue weighted by molar-refractivity contribution is 0.474. The summed E-state index contributed by atoms with van der Waals surface area (Å²) in [6.07, 6.45) is 0. The lowest BCUT2D eigenvalue weighted by atomic mass is 10.1. The van der Waals surface area contributed by atoms with Gasteiger partial charge in [-0.1, -0.05) is 23.7 Å². The first-order valence-corrected chi connectivity index (χ1v) is 4.16. The highest BCUT2D eigenvalue weighted by Crippen LogP contribution is 2.33. The van der Waals surface area contributed by atoms with E-state index in [2.05, 4.69) is 0 Å². The highest BCUT2D eigenvalue weighted by molar-refractivity contribution is 6.37. The number of hydrogen-bond acceptors (Lipinski definition) is 2. The van der Waals surface area contributed by atoms with Gasteiger partial charge < -0.3 is 10.2 Å². The molecular formula is C10H7ClO2. The van der Waals surface area contributed by atoms with Gasteiger partial charge >= 0.3 is 0 Å². The molecule has 0 bridgehead atoms. The van der Waals surface area contributed by atoms with E-state index in [0.717, 1.165) is 5.39 Å². The number of fused-ring (bicyclic) bond motifs is 1. The predicted molar refractivity (Wildman–Crippen MR) is 52.3 cm³/mol. The van der Waals surface area contributed by atoms with Crippen LogP contribution in [0, 0.1) is 0 Å². The van der Waals surface area contributed by atoms with Crippen LogP contribution in [0.25, 0.3) is 10.8 Å². The first kappa shape index (κ1) is 8.20. The van der Waals surface area contributed by atoms with Crippen molar-refractivity contribution in [1.82, 2.24) is 0 Å². The van der Waals surface area contributed by atoms with Gasteiger partial charge in [0.1, 0.15) is 11.5 Å². The van der Waals surface area contributed by atoms with Gasteiger partial charge in [-0.15, -0.1) is 0 Å². The summed E-state index contributed by atoms with van der Waals surface area (Å²) in [6, 6.07) is 8.13. The summed E-state index contributed by atoms with van der Waals surface area (Å²) in [7, 11) is 0. The smallest absolute Gasteiger partial charge is 0.134 e. The Balaban J connectivity index is 2.89. The molecule has 0 aromatic heterocycles. The van der Waals surface area contributed by atoms with Crippen LogP contribution in [0.4, 0.5) is 0 Å². The standard InChI is InChI=1S/C10H7ClO2/c11-10-8-5-7(12)3-1-6(8)2-4-9(10)13/h1-5,12-13H. The predicted octanol–water partition coefficient (Wildman–Crippen LogP) is 2.90. The SMILES string of the molecule is Oc1ccc2ccc(O)c(Cl)c2c1. The van der Waals surface area contributed by atoms with Crippen LogP contribution in [0.5, 0.6) is 11.5 Å². The van der Waals surface area contributed by atoms with E-state index in [4.69, 9.17) is 11.6 Å². The quantitative estimate of drug-likeness (QED) is 0.677. The Morgan fingerprint density at radius 3 is 2.46 bits per heavy atom. The molecule has 0 amide bonds. The fourth-order valence-electron chi connectivity index (χ4n) is 1.26. The van der Waals surface area contributed by atoms with Crippen molar-refractivity contribution in [2.45, 2.75) is 0 Å². The number of rotatable bonds is 0. The Kier molecular flexibility index (Phi) is 1.78. The monoisotopic (exact) mass is 194 g/mol. The van der Waals surface area contributed by atoms with Gasteiger partial charge in [0, 0.05) is 5.39 Å². The second kappa shape index (κ2) is 2.82. The Bertz CT molecular complexity index is 460. The average Bonchev–Trinajstić information content (AvgIpc) is 2.12. The molecule has 0 unspecified atom stereocenters. The number of phenols is 2. The number of phenolic OH excluding ortho intramolecular Hbond substituents is 2. The van der Waals surface area contributed by atoms with Crippen LogP contribution in [-0.2, 0) is 0 Å². The van der Waals surface area contributed by atoms with Crippen molar-refractivity contribution in [2.75, 3.05) is 0 Å². The van der Waals surface area contributed by atoms with Crippen LogP contribution < -0.4 is 0 Å². The molecule has 3 heteroatoms. The molecule has 2 rings (SSSR count). The van der Waals surface area contributed by atoms with Gasteiger partial charge in [-0.05, 0) is 23.6 Å². The summed E-state index contributed by atoms with van der Waals surface area (Å²) in [4.78, 5) is 0. The Morgan fingerprint density at radius 2 is 1.69 bits per heavy atom. The molecule has 66 valence electrons. The van der Waals surface area contributed by atoms with E-state index in [1.54, 1.807) is 18.2 Å². The van der Waals surface area contributed by atoms with Crippen molar-refractivity contribution in [3.8, 4) is 11.5 Å². The van der Waals surface area contributed by atoms with Crippen LogP contribution in [0.2, 0.25) is 5.02 Å². The summed E-state index contributed by atoms with van der Waals surface area (Å²) in [5.41, 5.74) is 0. The van der Waals surface area contributed by atoms with Gasteiger partial charge in [0.2, 0.25) is 0 Å². The van der Waals surface area contributed by atoms with Gasteiger partial charge in [-0.2, -0.15) is 0 Å². The maximum Gasteiger partial charge on any atom is 0.134 e. The third-order valence-corrected chi connectivity index (χ3v) is 2.32. The fraction of sp³-hybridized carbons (Fsp3) is 0. The minimum atomic E-state index is 0.0276. The second-order valence-electron chi connectivity index (χ2n) is 2.80. The van der Waals surface area contributed by atoms with Gasteiger partial charge in [-0.25, -0.2) is 0 Å². The van der Waals surface area contributed by atoms with E-state index in [1.165, 1.54) is 12.1 Å². The molecular weight excluding hydrogens is 188 g/mol. The summed E-state index contributed by atoms with van der Waals surface area (Å²) >= 11 is 5.84. The van der Waals surface area contributed by atoms with Gasteiger partial charge in [0.25, 0.3) is 0 Å². The van der Waals surface area contributed by atoms with Crippen LogP contribution in [0.15, 0.2) is 30.3 Å². The minimum Gasteiger partial charge on any atom is -0.508 e. The highest BCUT2D eigenvalue weighted by atomic mass is 35.5. The fourth-order valence-corrected chi connectivity index (χ4v) is 1.49. The van der Waals surface area contributed by atoms with Crippen molar-refractivity contribution in [3.63, 3.8) is 0 Å². The maximum atomic E-state index is 9.29. The first-order chi connectivity index (χ1) is 6.18. The topological polar surface area (TPSA) is 40.5 Å². The molecule has 0 aliphatic heterocycles. The minimum absolute atomic E-state index is 0.0276. The molecule has 0 fully saturated rings. The van der Waals surface area contributed by atoms with Gasteiger partial charge in [0.15, 0.2) is 0 Å². The lowest BCUT2D eigenvalue weighted by Gasteiger charge is -2.02. The molecule has 0 spiro atoms. The molecule has 2 N–H and O–H groups in total. The van der Waals surface area contributed by atoms with Gasteiger partial charge in [-0.3, -0.25) is 0 Å². The Hall–Kier alpha value is -1.41. The van der Waals surface area contributed by atoms with Crippen molar-refractivity contribution >= 4 is 22.4 Å². The molecule has 0 aliphatic rings. The number of aromatic hydroxyl groups is 2. The molecule has 0 atom stereocenters. The van der Waals surface area contributed by atoms with Crippen molar-refractivity contribution in [1.29, 1.82) is 0 Å². The number of hydrogen-bond donors (Lipinski definition) is 2. The zero-order valence-corrected chi connectivity index (χ0v) is 7.42. The largest absolute Gasteiger partial charge is 0.508 e. The Morgan fingerprint density at radius 1 is 1.00 bits per heavy atom. The third kappa shape index (κ3) is 1.29. The molecule has 0 aliphatic carbocycles. The van der Waals surface area contributed by atoms with E-state index in [0.29, 0.717) is 5.39 Å². The first-order valence-electron chi connectivity index (χ1n) is 3.78. The lowest BCUT2D eigenvalue weighted by Crippen LogP contribution is -1.75. The van der Waals surface area contributed by atoms with E-state index in [1.807, 2.05) is 0 Å². The summed E-state index contributed by atoms with van der Waals surface area (Å²) < 4.78 is 0. The van der Waals surface area contributed by atoms with Crippen molar-refractivity contribution in [3.05, 3.63) is 35.4 Å². The molecule has 2 aromatic carbocycles. The third-order valence-electron chi connectivity index (χ3n) is 1.92. The van der Waals surface area contributed by atoms with E-state index < -0.39 is 0 Å². The number of halogens is 1. The van der Waals surface area contributed by atoms with Crippen molar-refractivity contribution in [2.24, 2.45) is 0 Å². The zero-order chi connectivity index (χ0) is 9.42. The van der Waals surface area contributed by atoms with Crippen LogP contribution >= 0.6 is 11.6 Å². The molecule has 13 heavy (non-hydrogen) atoms. The molecule has 2 aromatic rings. The summed E-state index contributed by atoms with van der Waals surface area (Å²) in [5, 5.41) is 20.3. The maximum absolute atomic E-state index is 9.29. The van der Waals surface area contributed by atoms with Gasteiger partial charge in [0.05, 0.1) is 5.02 Å². The second-order valence-corrected chi connectivity index (χ2v) is 3.18. The Labute approximate surface area is 80.0 Å². The number of benzene rings is 2. The molecule has 0 radical (unpaired) electrons. The molecule has 2 nitrogen and oxygen atoms in total. The summed E-state index contributed by atoms with van der Waals surface area (Å²) in [5.74, 6) is 0.166. The normalized spacial score (nSPS) is 10.5. The molecule has 0 saturated heterocycles. The average molecular weight is 195 g/mol. The van der Waals surface area contributed by atoms with E-state index in [9.17, 15) is 10.2 Å². The van der Waals surface area contributed by atoms with E-state index in [-0.39, 0.29) is 16.5 Å². The summed E-state index contributed by atoms with van der Waals surface area (Å²) in [6.45, 7) is 0. The molecule has 0 heterocycles. The van der Waals surface area contributed by atoms with Crippen LogP contribution in [-0.4, -0.2) is 10.2 Å². The van der Waals surface area contributed by atoms with Crippen LogP contribution in [0.1, 0.15) is 0 Å². The van der Waals surface area contributed by atoms with E-state index >= 15 is 0 Å². The van der Waals surface area contributed by atoms with Crippen LogP contribution in [0.3, 0.4) is 0 Å². The zero-order valence-electron chi connectivity index (χ0n) is 6.66.